The normalized spacial score (nSPS) is 19.3. The molecule has 1 aromatic rings. The van der Waals surface area contributed by atoms with Crippen molar-refractivity contribution in [1.29, 1.82) is 0 Å². The zero-order valence-electron chi connectivity index (χ0n) is 10.7. The third kappa shape index (κ3) is 2.91. The fourth-order valence-electron chi connectivity index (χ4n) is 2.25. The van der Waals surface area contributed by atoms with E-state index in [9.17, 15) is 0 Å². The van der Waals surface area contributed by atoms with Gasteiger partial charge < -0.3 is 14.8 Å². The van der Waals surface area contributed by atoms with Crippen molar-refractivity contribution in [2.75, 3.05) is 19.8 Å². The summed E-state index contributed by atoms with van der Waals surface area (Å²) in [4.78, 5) is 0. The van der Waals surface area contributed by atoms with Gasteiger partial charge in [-0.25, -0.2) is 0 Å². The summed E-state index contributed by atoms with van der Waals surface area (Å²) in [6.45, 7) is 6.43. The SMILES string of the molecule is CCOc1ccc([C@@H]2CCCN2)cc1OCC. The molecular formula is C14H21NO2. The first-order valence-electron chi connectivity index (χ1n) is 6.48. The van der Waals surface area contributed by atoms with Crippen molar-refractivity contribution < 1.29 is 9.47 Å². The Bertz CT molecular complexity index is 359. The summed E-state index contributed by atoms with van der Waals surface area (Å²) in [7, 11) is 0. The standard InChI is InChI=1S/C14H21NO2/c1-3-16-13-8-7-11(10-14(13)17-4-2)12-6-5-9-15-12/h7-8,10,12,15H,3-6,9H2,1-2H3/t12-/m0/s1. The van der Waals surface area contributed by atoms with Crippen LogP contribution in [0.5, 0.6) is 11.5 Å². The van der Waals surface area contributed by atoms with E-state index in [0.29, 0.717) is 19.3 Å². The van der Waals surface area contributed by atoms with Gasteiger partial charge in [0.2, 0.25) is 0 Å². The summed E-state index contributed by atoms with van der Waals surface area (Å²) >= 11 is 0. The lowest BCUT2D eigenvalue weighted by Crippen LogP contribution is -2.13. The van der Waals surface area contributed by atoms with Gasteiger partial charge in [0.1, 0.15) is 0 Å². The summed E-state index contributed by atoms with van der Waals surface area (Å²) in [5.74, 6) is 1.71. The second-order valence-corrected chi connectivity index (χ2v) is 4.22. The van der Waals surface area contributed by atoms with Crippen molar-refractivity contribution in [2.45, 2.75) is 32.7 Å². The minimum atomic E-state index is 0.477. The predicted octanol–water partition coefficient (Wildman–Crippen LogP) is 2.91. The van der Waals surface area contributed by atoms with Crippen LogP contribution in [0.2, 0.25) is 0 Å². The third-order valence-electron chi connectivity index (χ3n) is 3.03. The Kier molecular flexibility index (Phi) is 4.26. The van der Waals surface area contributed by atoms with Crippen molar-refractivity contribution in [2.24, 2.45) is 0 Å². The van der Waals surface area contributed by atoms with Crippen LogP contribution in [0.4, 0.5) is 0 Å². The van der Waals surface area contributed by atoms with Gasteiger partial charge in [0.05, 0.1) is 13.2 Å². The van der Waals surface area contributed by atoms with E-state index in [1.54, 1.807) is 0 Å². The molecule has 0 unspecified atom stereocenters. The highest BCUT2D eigenvalue weighted by atomic mass is 16.5. The average molecular weight is 235 g/mol. The van der Waals surface area contributed by atoms with E-state index in [-0.39, 0.29) is 0 Å². The van der Waals surface area contributed by atoms with E-state index in [2.05, 4.69) is 17.4 Å². The molecule has 1 aromatic carbocycles. The molecule has 1 heterocycles. The predicted molar refractivity (Wildman–Crippen MR) is 68.8 cm³/mol. The van der Waals surface area contributed by atoms with E-state index >= 15 is 0 Å². The number of rotatable bonds is 5. The largest absolute Gasteiger partial charge is 0.490 e. The Morgan fingerprint density at radius 2 is 1.94 bits per heavy atom. The van der Waals surface area contributed by atoms with Gasteiger partial charge in [-0.2, -0.15) is 0 Å². The molecule has 1 N–H and O–H groups in total. The van der Waals surface area contributed by atoms with E-state index in [0.717, 1.165) is 18.0 Å². The molecule has 0 spiro atoms. The van der Waals surface area contributed by atoms with Gasteiger partial charge in [0, 0.05) is 6.04 Å². The highest BCUT2D eigenvalue weighted by Crippen LogP contribution is 2.33. The lowest BCUT2D eigenvalue weighted by molar-refractivity contribution is 0.287. The molecule has 2 rings (SSSR count). The van der Waals surface area contributed by atoms with Crippen molar-refractivity contribution in [3.63, 3.8) is 0 Å². The van der Waals surface area contributed by atoms with E-state index < -0.39 is 0 Å². The molecule has 94 valence electrons. The molecule has 1 atom stereocenters. The Balaban J connectivity index is 2.20. The molecular weight excluding hydrogens is 214 g/mol. The second-order valence-electron chi connectivity index (χ2n) is 4.22. The van der Waals surface area contributed by atoms with Gasteiger partial charge in [-0.1, -0.05) is 6.07 Å². The van der Waals surface area contributed by atoms with Crippen LogP contribution in [0, 0.1) is 0 Å². The average Bonchev–Trinajstić information content (AvgIpc) is 2.85. The van der Waals surface area contributed by atoms with E-state index in [1.165, 1.54) is 18.4 Å². The van der Waals surface area contributed by atoms with Gasteiger partial charge in [0.25, 0.3) is 0 Å². The first-order valence-corrected chi connectivity index (χ1v) is 6.48. The molecule has 0 aromatic heterocycles. The first-order chi connectivity index (χ1) is 8.35. The quantitative estimate of drug-likeness (QED) is 0.851. The van der Waals surface area contributed by atoms with Gasteiger partial charge in [-0.15, -0.1) is 0 Å². The molecule has 0 bridgehead atoms. The van der Waals surface area contributed by atoms with Crippen LogP contribution in [0.15, 0.2) is 18.2 Å². The van der Waals surface area contributed by atoms with Crippen molar-refractivity contribution in [3.05, 3.63) is 23.8 Å². The smallest absolute Gasteiger partial charge is 0.161 e. The molecule has 0 radical (unpaired) electrons. The molecule has 0 aliphatic carbocycles. The van der Waals surface area contributed by atoms with Crippen LogP contribution < -0.4 is 14.8 Å². The Morgan fingerprint density at radius 1 is 1.18 bits per heavy atom. The van der Waals surface area contributed by atoms with Crippen molar-refractivity contribution in [3.8, 4) is 11.5 Å². The number of ether oxygens (including phenoxy) is 2. The molecule has 3 nitrogen and oxygen atoms in total. The molecule has 3 heteroatoms. The Morgan fingerprint density at radius 3 is 2.59 bits per heavy atom. The minimum absolute atomic E-state index is 0.477. The zero-order chi connectivity index (χ0) is 12.1. The van der Waals surface area contributed by atoms with Gasteiger partial charge >= 0.3 is 0 Å². The Hall–Kier alpha value is -1.22. The van der Waals surface area contributed by atoms with Crippen LogP contribution in [-0.2, 0) is 0 Å². The van der Waals surface area contributed by atoms with Crippen LogP contribution in [-0.4, -0.2) is 19.8 Å². The highest BCUT2D eigenvalue weighted by Gasteiger charge is 2.17. The minimum Gasteiger partial charge on any atom is -0.490 e. The lowest BCUT2D eigenvalue weighted by atomic mass is 10.0. The lowest BCUT2D eigenvalue weighted by Gasteiger charge is -2.15. The van der Waals surface area contributed by atoms with Crippen LogP contribution in [0.3, 0.4) is 0 Å². The second kappa shape index (κ2) is 5.92. The topological polar surface area (TPSA) is 30.5 Å². The fourth-order valence-corrected chi connectivity index (χ4v) is 2.25. The molecule has 1 saturated heterocycles. The summed E-state index contributed by atoms with van der Waals surface area (Å²) in [5, 5.41) is 3.50. The molecule has 1 aliphatic rings. The molecule has 0 amide bonds. The molecule has 0 saturated carbocycles. The van der Waals surface area contributed by atoms with E-state index in [1.807, 2.05) is 19.9 Å². The summed E-state index contributed by atoms with van der Waals surface area (Å²) in [5.41, 5.74) is 1.30. The summed E-state index contributed by atoms with van der Waals surface area (Å²) < 4.78 is 11.2. The van der Waals surface area contributed by atoms with Crippen LogP contribution >= 0.6 is 0 Å². The fraction of sp³-hybridized carbons (Fsp3) is 0.571. The van der Waals surface area contributed by atoms with Crippen molar-refractivity contribution >= 4 is 0 Å². The van der Waals surface area contributed by atoms with Gasteiger partial charge in [-0.3, -0.25) is 0 Å². The number of hydrogen-bond acceptors (Lipinski definition) is 3. The maximum atomic E-state index is 5.64. The summed E-state index contributed by atoms with van der Waals surface area (Å²) in [6, 6.07) is 6.74. The van der Waals surface area contributed by atoms with Crippen LogP contribution in [0.25, 0.3) is 0 Å². The maximum Gasteiger partial charge on any atom is 0.161 e. The molecule has 1 aliphatic heterocycles. The number of hydrogen-bond donors (Lipinski definition) is 1. The maximum absolute atomic E-state index is 5.64. The first kappa shape index (κ1) is 12.2. The van der Waals surface area contributed by atoms with Gasteiger partial charge in [0.15, 0.2) is 11.5 Å². The van der Waals surface area contributed by atoms with Gasteiger partial charge in [-0.05, 0) is 50.9 Å². The Labute approximate surface area is 103 Å². The third-order valence-corrected chi connectivity index (χ3v) is 3.03. The molecule has 1 fully saturated rings. The molecule has 17 heavy (non-hydrogen) atoms. The summed E-state index contributed by atoms with van der Waals surface area (Å²) in [6.07, 6.45) is 2.46. The monoisotopic (exact) mass is 235 g/mol. The zero-order valence-corrected chi connectivity index (χ0v) is 10.7. The van der Waals surface area contributed by atoms with E-state index in [4.69, 9.17) is 9.47 Å². The number of nitrogens with one attached hydrogen (secondary N) is 1. The van der Waals surface area contributed by atoms with Crippen molar-refractivity contribution in [1.82, 2.24) is 5.32 Å². The van der Waals surface area contributed by atoms with Crippen LogP contribution in [0.1, 0.15) is 38.3 Å². The number of benzene rings is 1. The highest BCUT2D eigenvalue weighted by molar-refractivity contribution is 5.44.